The van der Waals surface area contributed by atoms with Gasteiger partial charge in [0.15, 0.2) is 0 Å². The summed E-state index contributed by atoms with van der Waals surface area (Å²) in [6.45, 7) is 5.70. The summed E-state index contributed by atoms with van der Waals surface area (Å²) in [7, 11) is 0. The fourth-order valence-corrected chi connectivity index (χ4v) is 2.68. The molecule has 7 heteroatoms. The summed E-state index contributed by atoms with van der Waals surface area (Å²) in [5.41, 5.74) is 5.53. The fraction of sp³-hybridized carbons (Fsp3) is 0.500. The van der Waals surface area contributed by atoms with Crippen LogP contribution >= 0.6 is 0 Å². The van der Waals surface area contributed by atoms with Crippen LogP contribution in [-0.4, -0.2) is 41.1 Å². The molecule has 0 saturated carbocycles. The molecule has 136 valence electrons. The molecule has 1 fully saturated rings. The van der Waals surface area contributed by atoms with Gasteiger partial charge in [-0.2, -0.15) is 0 Å². The minimum Gasteiger partial charge on any atom is -0.459 e. The molecular weight excluding hydrogens is 324 g/mol. The number of likely N-dealkylation sites (tertiary alicyclic amines) is 1. The molecule has 1 aromatic rings. The van der Waals surface area contributed by atoms with Gasteiger partial charge in [0.25, 0.3) is 0 Å². The maximum Gasteiger partial charge on any atom is 0.411 e. The number of hydrogen-bond acceptors (Lipinski definition) is 5. The van der Waals surface area contributed by atoms with Gasteiger partial charge in [-0.1, -0.05) is 18.2 Å². The number of ether oxygens (including phenoxy) is 2. The van der Waals surface area contributed by atoms with Gasteiger partial charge < -0.3 is 15.2 Å². The first-order valence-corrected chi connectivity index (χ1v) is 8.23. The molecular formula is C18H24N2O5. The van der Waals surface area contributed by atoms with E-state index in [1.54, 1.807) is 45.0 Å². The molecule has 0 spiro atoms. The molecule has 1 saturated heterocycles. The van der Waals surface area contributed by atoms with Crippen molar-refractivity contribution in [1.29, 1.82) is 0 Å². The van der Waals surface area contributed by atoms with E-state index in [1.165, 1.54) is 4.90 Å². The van der Waals surface area contributed by atoms with E-state index >= 15 is 0 Å². The van der Waals surface area contributed by atoms with Crippen LogP contribution in [0.4, 0.5) is 4.79 Å². The van der Waals surface area contributed by atoms with Crippen molar-refractivity contribution >= 4 is 18.0 Å². The van der Waals surface area contributed by atoms with E-state index in [4.69, 9.17) is 15.2 Å². The van der Waals surface area contributed by atoms with Crippen LogP contribution in [0.25, 0.3) is 0 Å². The third-order valence-electron chi connectivity index (χ3n) is 3.81. The van der Waals surface area contributed by atoms with E-state index in [1.807, 2.05) is 0 Å². The quantitative estimate of drug-likeness (QED) is 0.841. The van der Waals surface area contributed by atoms with Crippen molar-refractivity contribution in [2.75, 3.05) is 6.54 Å². The van der Waals surface area contributed by atoms with Crippen LogP contribution in [0.2, 0.25) is 0 Å². The molecule has 1 unspecified atom stereocenters. The number of nitrogens with two attached hydrogens (primary N) is 1. The van der Waals surface area contributed by atoms with Crippen molar-refractivity contribution in [3.05, 3.63) is 35.4 Å². The Bertz CT molecular complexity index is 666. The highest BCUT2D eigenvalue weighted by molar-refractivity contribution is 5.94. The van der Waals surface area contributed by atoms with Gasteiger partial charge in [-0.05, 0) is 39.7 Å². The normalized spacial score (nSPS) is 17.2. The lowest BCUT2D eigenvalue weighted by molar-refractivity contribution is -0.150. The Morgan fingerprint density at radius 2 is 1.92 bits per heavy atom. The lowest BCUT2D eigenvalue weighted by Crippen LogP contribution is -2.44. The molecule has 2 rings (SSSR count). The van der Waals surface area contributed by atoms with Crippen molar-refractivity contribution in [1.82, 2.24) is 4.90 Å². The summed E-state index contributed by atoms with van der Waals surface area (Å²) in [5, 5.41) is 0. The predicted molar refractivity (Wildman–Crippen MR) is 90.7 cm³/mol. The summed E-state index contributed by atoms with van der Waals surface area (Å²) >= 11 is 0. The second-order valence-corrected chi connectivity index (χ2v) is 6.96. The first-order valence-electron chi connectivity index (χ1n) is 8.23. The Morgan fingerprint density at radius 3 is 2.56 bits per heavy atom. The summed E-state index contributed by atoms with van der Waals surface area (Å²) in [5.74, 6) is -1.09. The summed E-state index contributed by atoms with van der Waals surface area (Å²) in [6.07, 6.45) is 0.705. The first kappa shape index (κ1) is 18.8. The lowest BCUT2D eigenvalue weighted by Gasteiger charge is -2.27. The largest absolute Gasteiger partial charge is 0.459 e. The van der Waals surface area contributed by atoms with Crippen LogP contribution in [0.1, 0.15) is 49.5 Å². The van der Waals surface area contributed by atoms with Crippen molar-refractivity contribution in [3.8, 4) is 0 Å². The SMILES string of the molecule is CC(C)(C)OC(=O)N1CCCC1C(=O)OCc1ccccc1C(N)=O. The second kappa shape index (κ2) is 7.55. The van der Waals surface area contributed by atoms with Crippen LogP contribution < -0.4 is 5.73 Å². The zero-order valence-electron chi connectivity index (χ0n) is 14.8. The molecule has 1 heterocycles. The number of nitrogens with zero attached hydrogens (tertiary/aromatic N) is 1. The Kier molecular flexibility index (Phi) is 5.66. The molecule has 0 bridgehead atoms. The van der Waals surface area contributed by atoms with E-state index < -0.39 is 29.6 Å². The van der Waals surface area contributed by atoms with Gasteiger partial charge in [-0.3, -0.25) is 9.69 Å². The predicted octanol–water partition coefficient (Wildman–Crippen LogP) is 2.23. The summed E-state index contributed by atoms with van der Waals surface area (Å²) in [4.78, 5) is 37.4. The van der Waals surface area contributed by atoms with Crippen molar-refractivity contribution in [2.45, 2.75) is 51.9 Å². The number of primary amides is 1. The minimum absolute atomic E-state index is 0.0728. The monoisotopic (exact) mass is 348 g/mol. The maximum absolute atomic E-state index is 12.4. The van der Waals surface area contributed by atoms with Crippen LogP contribution in [0.3, 0.4) is 0 Å². The maximum atomic E-state index is 12.4. The molecule has 25 heavy (non-hydrogen) atoms. The van der Waals surface area contributed by atoms with E-state index in [0.717, 1.165) is 0 Å². The fourth-order valence-electron chi connectivity index (χ4n) is 2.68. The van der Waals surface area contributed by atoms with Crippen LogP contribution in [0, 0.1) is 0 Å². The van der Waals surface area contributed by atoms with E-state index in [-0.39, 0.29) is 6.61 Å². The molecule has 1 atom stereocenters. The first-order chi connectivity index (χ1) is 11.7. The van der Waals surface area contributed by atoms with Crippen molar-refractivity contribution in [3.63, 3.8) is 0 Å². The Morgan fingerprint density at radius 1 is 1.24 bits per heavy atom. The smallest absolute Gasteiger partial charge is 0.411 e. The lowest BCUT2D eigenvalue weighted by atomic mass is 10.1. The highest BCUT2D eigenvalue weighted by Gasteiger charge is 2.37. The van der Waals surface area contributed by atoms with Crippen molar-refractivity contribution in [2.24, 2.45) is 5.73 Å². The molecule has 1 aliphatic rings. The number of carbonyl (C=O) groups excluding carboxylic acids is 3. The Hall–Kier alpha value is -2.57. The van der Waals surface area contributed by atoms with Gasteiger partial charge in [0, 0.05) is 17.7 Å². The van der Waals surface area contributed by atoms with E-state index in [2.05, 4.69) is 0 Å². The summed E-state index contributed by atoms with van der Waals surface area (Å²) < 4.78 is 10.7. The second-order valence-electron chi connectivity index (χ2n) is 6.96. The molecule has 1 aliphatic heterocycles. The van der Waals surface area contributed by atoms with Crippen LogP contribution in [0.5, 0.6) is 0 Å². The molecule has 0 aliphatic carbocycles. The number of rotatable bonds is 4. The van der Waals surface area contributed by atoms with Gasteiger partial charge in [0.05, 0.1) is 0 Å². The van der Waals surface area contributed by atoms with Gasteiger partial charge in [-0.25, -0.2) is 9.59 Å². The topological polar surface area (TPSA) is 98.9 Å². The van der Waals surface area contributed by atoms with Gasteiger partial charge >= 0.3 is 12.1 Å². The van der Waals surface area contributed by atoms with E-state index in [0.29, 0.717) is 30.5 Å². The van der Waals surface area contributed by atoms with Gasteiger partial charge in [0.1, 0.15) is 18.2 Å². The third-order valence-corrected chi connectivity index (χ3v) is 3.81. The molecule has 2 amide bonds. The number of benzene rings is 1. The van der Waals surface area contributed by atoms with E-state index in [9.17, 15) is 14.4 Å². The molecule has 1 aromatic carbocycles. The average molecular weight is 348 g/mol. The Labute approximate surface area is 147 Å². The zero-order chi connectivity index (χ0) is 18.6. The highest BCUT2D eigenvalue weighted by atomic mass is 16.6. The number of esters is 1. The number of carbonyl (C=O) groups is 3. The molecule has 7 nitrogen and oxygen atoms in total. The zero-order valence-corrected chi connectivity index (χ0v) is 14.8. The standard InChI is InChI=1S/C18H24N2O5/c1-18(2,3)25-17(23)20-10-6-9-14(20)16(22)24-11-12-7-4-5-8-13(12)15(19)21/h4-5,7-8,14H,6,9-11H2,1-3H3,(H2,19,21). The van der Waals surface area contributed by atoms with Crippen LogP contribution in [0.15, 0.2) is 24.3 Å². The van der Waals surface area contributed by atoms with Gasteiger partial charge in [0.2, 0.25) is 5.91 Å². The van der Waals surface area contributed by atoms with Crippen LogP contribution in [-0.2, 0) is 20.9 Å². The Balaban J connectivity index is 2.01. The summed E-state index contributed by atoms with van der Waals surface area (Å²) in [6, 6.07) is 6.00. The number of hydrogen-bond donors (Lipinski definition) is 1. The number of amides is 2. The average Bonchev–Trinajstić information content (AvgIpc) is 3.01. The molecule has 2 N–H and O–H groups in total. The molecule has 0 aromatic heterocycles. The molecule has 0 radical (unpaired) electrons. The minimum atomic E-state index is -0.671. The van der Waals surface area contributed by atoms with Crippen molar-refractivity contribution < 1.29 is 23.9 Å². The van der Waals surface area contributed by atoms with Gasteiger partial charge in [-0.15, -0.1) is 0 Å². The highest BCUT2D eigenvalue weighted by Crippen LogP contribution is 2.22. The third kappa shape index (κ3) is 4.95.